The van der Waals surface area contributed by atoms with Crippen LogP contribution in [0.1, 0.15) is 22.3 Å². The highest BCUT2D eigenvalue weighted by Gasteiger charge is 2.41. The van der Waals surface area contributed by atoms with Crippen LogP contribution in [0.5, 0.6) is 0 Å². The molecule has 0 saturated heterocycles. The standard InChI is InChI=1S/C25H20Cl2N2O2/c1-14-7-10-17(11-8-14)21-23(28-18-12-9-15(2)16(3)13-18)25(31)29(24(21)30)20-6-4-5-19(26)22(20)27/h4-13,28H,1-3H3. The number of nitrogens with one attached hydrogen (secondary N) is 1. The molecule has 0 unspecified atom stereocenters. The van der Waals surface area contributed by atoms with Crippen molar-refractivity contribution < 1.29 is 9.59 Å². The number of aryl methyl sites for hydroxylation is 3. The Kier molecular flexibility index (Phi) is 5.61. The minimum atomic E-state index is -0.483. The summed E-state index contributed by atoms with van der Waals surface area (Å²) in [5, 5.41) is 3.60. The summed E-state index contributed by atoms with van der Waals surface area (Å²) in [6, 6.07) is 18.2. The van der Waals surface area contributed by atoms with Gasteiger partial charge in [-0.2, -0.15) is 0 Å². The number of imide groups is 1. The number of carbonyl (C=O) groups is 2. The first-order chi connectivity index (χ1) is 14.8. The second kappa shape index (κ2) is 8.22. The van der Waals surface area contributed by atoms with E-state index in [-0.39, 0.29) is 21.4 Å². The van der Waals surface area contributed by atoms with E-state index in [4.69, 9.17) is 23.2 Å². The maximum Gasteiger partial charge on any atom is 0.282 e. The molecule has 3 aromatic carbocycles. The van der Waals surface area contributed by atoms with Crippen LogP contribution in [0.4, 0.5) is 11.4 Å². The SMILES string of the molecule is Cc1ccc(C2=C(Nc3ccc(C)c(C)c3)C(=O)N(c3cccc(Cl)c3Cl)C2=O)cc1. The van der Waals surface area contributed by atoms with Crippen molar-refractivity contribution in [2.45, 2.75) is 20.8 Å². The van der Waals surface area contributed by atoms with E-state index < -0.39 is 11.8 Å². The lowest BCUT2D eigenvalue weighted by Gasteiger charge is -2.17. The summed E-state index contributed by atoms with van der Waals surface area (Å²) in [6.45, 7) is 5.98. The van der Waals surface area contributed by atoms with E-state index in [1.165, 1.54) is 0 Å². The lowest BCUT2D eigenvalue weighted by atomic mass is 10.0. The maximum atomic E-state index is 13.5. The molecule has 0 aliphatic carbocycles. The van der Waals surface area contributed by atoms with Gasteiger partial charge in [-0.05, 0) is 61.7 Å². The van der Waals surface area contributed by atoms with Crippen LogP contribution in [-0.4, -0.2) is 11.8 Å². The number of halogens is 2. The van der Waals surface area contributed by atoms with Gasteiger partial charge in [0.2, 0.25) is 0 Å². The molecule has 1 aliphatic rings. The van der Waals surface area contributed by atoms with Crippen LogP contribution in [-0.2, 0) is 9.59 Å². The summed E-state index contributed by atoms with van der Waals surface area (Å²) >= 11 is 12.5. The summed E-state index contributed by atoms with van der Waals surface area (Å²) in [5.41, 5.74) is 5.39. The van der Waals surface area contributed by atoms with Gasteiger partial charge in [0.15, 0.2) is 0 Å². The molecule has 1 heterocycles. The van der Waals surface area contributed by atoms with Gasteiger partial charge >= 0.3 is 0 Å². The zero-order valence-electron chi connectivity index (χ0n) is 17.3. The Balaban J connectivity index is 1.85. The van der Waals surface area contributed by atoms with Gasteiger partial charge in [-0.25, -0.2) is 4.90 Å². The number of benzene rings is 3. The van der Waals surface area contributed by atoms with Crippen molar-refractivity contribution >= 4 is 52.0 Å². The fourth-order valence-electron chi connectivity index (χ4n) is 3.48. The lowest BCUT2D eigenvalue weighted by Crippen LogP contribution is -2.32. The first kappa shape index (κ1) is 21.2. The number of carbonyl (C=O) groups excluding carboxylic acids is 2. The number of anilines is 2. The Hall–Kier alpha value is -3.08. The van der Waals surface area contributed by atoms with Gasteiger partial charge in [0.25, 0.3) is 11.8 Å². The van der Waals surface area contributed by atoms with Crippen LogP contribution in [0.25, 0.3) is 5.57 Å². The molecule has 6 heteroatoms. The average molecular weight is 451 g/mol. The average Bonchev–Trinajstić information content (AvgIpc) is 2.97. The van der Waals surface area contributed by atoms with Gasteiger partial charge in [0, 0.05) is 5.69 Å². The van der Waals surface area contributed by atoms with Crippen molar-refractivity contribution in [2.24, 2.45) is 0 Å². The molecule has 0 aromatic heterocycles. The highest BCUT2D eigenvalue weighted by molar-refractivity contribution is 6.50. The monoisotopic (exact) mass is 450 g/mol. The van der Waals surface area contributed by atoms with E-state index in [9.17, 15) is 9.59 Å². The van der Waals surface area contributed by atoms with Crippen molar-refractivity contribution in [3.05, 3.63) is 98.7 Å². The topological polar surface area (TPSA) is 49.4 Å². The molecule has 31 heavy (non-hydrogen) atoms. The largest absolute Gasteiger partial charge is 0.350 e. The van der Waals surface area contributed by atoms with Gasteiger partial charge in [-0.1, -0.05) is 65.2 Å². The van der Waals surface area contributed by atoms with Crippen molar-refractivity contribution in [3.63, 3.8) is 0 Å². The minimum absolute atomic E-state index is 0.154. The molecule has 0 radical (unpaired) electrons. The molecule has 0 saturated carbocycles. The minimum Gasteiger partial charge on any atom is -0.350 e. The van der Waals surface area contributed by atoms with Crippen LogP contribution in [0.15, 0.2) is 66.4 Å². The van der Waals surface area contributed by atoms with Crippen LogP contribution in [0.2, 0.25) is 10.0 Å². The fraction of sp³-hybridized carbons (Fsp3) is 0.120. The van der Waals surface area contributed by atoms with Gasteiger partial charge < -0.3 is 5.32 Å². The predicted octanol–water partition coefficient (Wildman–Crippen LogP) is 6.32. The molecule has 4 nitrogen and oxygen atoms in total. The van der Waals surface area contributed by atoms with Gasteiger partial charge in [-0.3, -0.25) is 9.59 Å². The zero-order valence-corrected chi connectivity index (χ0v) is 18.8. The number of hydrogen-bond acceptors (Lipinski definition) is 3. The number of nitrogens with zero attached hydrogens (tertiary/aromatic N) is 1. The third kappa shape index (κ3) is 3.85. The van der Waals surface area contributed by atoms with Crippen molar-refractivity contribution in [1.29, 1.82) is 0 Å². The highest BCUT2D eigenvalue weighted by Crippen LogP contribution is 2.39. The van der Waals surface area contributed by atoms with E-state index in [2.05, 4.69) is 5.32 Å². The summed E-state index contributed by atoms with van der Waals surface area (Å²) in [5.74, 6) is -0.938. The van der Waals surface area contributed by atoms with E-state index in [0.717, 1.165) is 27.3 Å². The predicted molar refractivity (Wildman–Crippen MR) is 127 cm³/mol. The molecule has 0 atom stereocenters. The Morgan fingerprint density at radius 2 is 1.52 bits per heavy atom. The normalized spacial score (nSPS) is 13.9. The Morgan fingerprint density at radius 1 is 0.806 bits per heavy atom. The van der Waals surface area contributed by atoms with E-state index >= 15 is 0 Å². The summed E-state index contributed by atoms with van der Waals surface area (Å²) in [7, 11) is 0. The molecule has 0 spiro atoms. The summed E-state index contributed by atoms with van der Waals surface area (Å²) in [4.78, 5) is 28.0. The molecular weight excluding hydrogens is 431 g/mol. The fourth-order valence-corrected chi connectivity index (χ4v) is 3.86. The zero-order chi connectivity index (χ0) is 22.3. The molecule has 0 bridgehead atoms. The first-order valence-electron chi connectivity index (χ1n) is 9.76. The molecule has 4 rings (SSSR count). The summed E-state index contributed by atoms with van der Waals surface area (Å²) < 4.78 is 0. The van der Waals surface area contributed by atoms with E-state index in [0.29, 0.717) is 11.1 Å². The molecule has 156 valence electrons. The van der Waals surface area contributed by atoms with Crippen molar-refractivity contribution in [1.82, 2.24) is 0 Å². The lowest BCUT2D eigenvalue weighted by molar-refractivity contribution is -0.120. The molecule has 1 aliphatic heterocycles. The van der Waals surface area contributed by atoms with Crippen LogP contribution in [0, 0.1) is 20.8 Å². The van der Waals surface area contributed by atoms with Gasteiger partial charge in [-0.15, -0.1) is 0 Å². The molecule has 1 N–H and O–H groups in total. The van der Waals surface area contributed by atoms with E-state index in [1.807, 2.05) is 63.2 Å². The van der Waals surface area contributed by atoms with E-state index in [1.54, 1.807) is 18.2 Å². The highest BCUT2D eigenvalue weighted by atomic mass is 35.5. The van der Waals surface area contributed by atoms with Gasteiger partial charge in [0.1, 0.15) is 5.70 Å². The second-order valence-corrected chi connectivity index (χ2v) is 8.34. The smallest absolute Gasteiger partial charge is 0.282 e. The second-order valence-electron chi connectivity index (χ2n) is 7.56. The summed E-state index contributed by atoms with van der Waals surface area (Å²) in [6.07, 6.45) is 0. The Labute approximate surface area is 191 Å². The third-order valence-corrected chi connectivity index (χ3v) is 6.18. The van der Waals surface area contributed by atoms with Crippen LogP contribution in [0.3, 0.4) is 0 Å². The van der Waals surface area contributed by atoms with Crippen molar-refractivity contribution in [3.8, 4) is 0 Å². The molecular formula is C25H20Cl2N2O2. The Morgan fingerprint density at radius 3 is 2.19 bits per heavy atom. The first-order valence-corrected chi connectivity index (χ1v) is 10.5. The quantitative estimate of drug-likeness (QED) is 0.473. The maximum absolute atomic E-state index is 13.5. The van der Waals surface area contributed by atoms with Crippen LogP contribution >= 0.6 is 23.2 Å². The third-order valence-electron chi connectivity index (χ3n) is 5.37. The molecule has 2 amide bonds. The van der Waals surface area contributed by atoms with Crippen LogP contribution < -0.4 is 10.2 Å². The number of hydrogen-bond donors (Lipinski definition) is 1. The number of amides is 2. The molecule has 0 fully saturated rings. The molecule has 3 aromatic rings. The number of rotatable bonds is 4. The Bertz CT molecular complexity index is 1250. The van der Waals surface area contributed by atoms with Gasteiger partial charge in [0.05, 0.1) is 21.3 Å². The van der Waals surface area contributed by atoms with Crippen molar-refractivity contribution in [2.75, 3.05) is 10.2 Å².